The van der Waals surface area contributed by atoms with E-state index >= 15 is 0 Å². The number of benzene rings is 2. The zero-order valence-electron chi connectivity index (χ0n) is 21.8. The molecule has 0 bridgehead atoms. The van der Waals surface area contributed by atoms with Crippen LogP contribution in [0.4, 0.5) is 0 Å². The minimum Gasteiger partial charge on any atom is -0.379 e. The second-order valence-electron chi connectivity index (χ2n) is 9.55. The number of amides is 1. The van der Waals surface area contributed by atoms with Crippen molar-refractivity contribution in [3.8, 4) is 11.1 Å². The Bertz CT molecular complexity index is 1290. The van der Waals surface area contributed by atoms with E-state index in [1.165, 1.54) is 0 Å². The highest BCUT2D eigenvalue weighted by molar-refractivity contribution is 7.89. The Morgan fingerprint density at radius 3 is 2.43 bits per heavy atom. The SMILES string of the molecule is CCN(CC)CCOCCS(=O)(=O)N1CCC(c2c[nH]c3c(C(N)=O)cc(-c4ccccc4)cc23)CC1. The zero-order chi connectivity index (χ0) is 26.4. The molecule has 1 fully saturated rings. The van der Waals surface area contributed by atoms with Gasteiger partial charge >= 0.3 is 0 Å². The van der Waals surface area contributed by atoms with Gasteiger partial charge in [0, 0.05) is 31.2 Å². The van der Waals surface area contributed by atoms with Crippen LogP contribution in [-0.4, -0.2) is 80.2 Å². The van der Waals surface area contributed by atoms with Crippen molar-refractivity contribution in [3.05, 3.63) is 59.8 Å². The smallest absolute Gasteiger partial charge is 0.250 e. The minimum absolute atomic E-state index is 0.00537. The van der Waals surface area contributed by atoms with E-state index in [1.54, 1.807) is 4.31 Å². The number of aromatic nitrogens is 1. The minimum atomic E-state index is -3.36. The number of hydrogen-bond acceptors (Lipinski definition) is 5. The van der Waals surface area contributed by atoms with E-state index in [9.17, 15) is 13.2 Å². The summed E-state index contributed by atoms with van der Waals surface area (Å²) in [6.45, 7) is 8.64. The van der Waals surface area contributed by atoms with Crippen LogP contribution in [0.2, 0.25) is 0 Å². The van der Waals surface area contributed by atoms with Gasteiger partial charge < -0.3 is 20.4 Å². The number of ether oxygens (including phenoxy) is 1. The van der Waals surface area contributed by atoms with Crippen molar-refractivity contribution in [1.82, 2.24) is 14.2 Å². The van der Waals surface area contributed by atoms with Crippen LogP contribution in [0.5, 0.6) is 0 Å². The molecular formula is C28H38N4O4S. The van der Waals surface area contributed by atoms with E-state index in [2.05, 4.69) is 29.8 Å². The van der Waals surface area contributed by atoms with E-state index in [1.807, 2.05) is 42.6 Å². The molecule has 1 saturated heterocycles. The summed E-state index contributed by atoms with van der Waals surface area (Å²) in [5.41, 5.74) is 9.97. The molecule has 9 heteroatoms. The van der Waals surface area contributed by atoms with Gasteiger partial charge in [-0.1, -0.05) is 44.2 Å². The highest BCUT2D eigenvalue weighted by Crippen LogP contribution is 2.37. The summed E-state index contributed by atoms with van der Waals surface area (Å²) in [6, 6.07) is 13.8. The molecule has 3 aromatic rings. The summed E-state index contributed by atoms with van der Waals surface area (Å²) in [6.07, 6.45) is 3.39. The quantitative estimate of drug-likeness (QED) is 0.349. The van der Waals surface area contributed by atoms with Gasteiger partial charge in [0.15, 0.2) is 0 Å². The Balaban J connectivity index is 1.42. The molecular weight excluding hydrogens is 488 g/mol. The number of likely N-dealkylation sites (N-methyl/N-ethyl adjacent to an activating group) is 1. The van der Waals surface area contributed by atoms with Crippen molar-refractivity contribution in [3.63, 3.8) is 0 Å². The zero-order valence-corrected chi connectivity index (χ0v) is 22.6. The second-order valence-corrected chi connectivity index (χ2v) is 11.6. The summed E-state index contributed by atoms with van der Waals surface area (Å²) in [7, 11) is -3.36. The first-order chi connectivity index (χ1) is 17.8. The third kappa shape index (κ3) is 6.41. The van der Waals surface area contributed by atoms with E-state index in [0.29, 0.717) is 25.3 Å². The Morgan fingerprint density at radius 2 is 1.78 bits per heavy atom. The number of piperidine rings is 1. The number of rotatable bonds is 12. The van der Waals surface area contributed by atoms with Crippen LogP contribution in [-0.2, 0) is 14.8 Å². The van der Waals surface area contributed by atoms with E-state index < -0.39 is 15.9 Å². The molecule has 0 saturated carbocycles. The Labute approximate surface area is 219 Å². The largest absolute Gasteiger partial charge is 0.379 e. The fourth-order valence-corrected chi connectivity index (χ4v) is 6.51. The maximum atomic E-state index is 12.9. The van der Waals surface area contributed by atoms with Gasteiger partial charge in [-0.25, -0.2) is 12.7 Å². The predicted molar refractivity (Wildman–Crippen MR) is 148 cm³/mol. The van der Waals surface area contributed by atoms with Gasteiger partial charge in [0.25, 0.3) is 5.91 Å². The number of H-pyrrole nitrogens is 1. The van der Waals surface area contributed by atoms with Crippen LogP contribution in [0.1, 0.15) is 48.5 Å². The van der Waals surface area contributed by atoms with Crippen molar-refractivity contribution in [2.45, 2.75) is 32.6 Å². The van der Waals surface area contributed by atoms with Crippen LogP contribution >= 0.6 is 0 Å². The molecule has 200 valence electrons. The van der Waals surface area contributed by atoms with Crippen LogP contribution in [0.25, 0.3) is 22.0 Å². The first-order valence-electron chi connectivity index (χ1n) is 13.1. The van der Waals surface area contributed by atoms with E-state index in [0.717, 1.165) is 60.1 Å². The Kier molecular flexibility index (Phi) is 9.02. The van der Waals surface area contributed by atoms with Gasteiger partial charge in [-0.2, -0.15) is 0 Å². The van der Waals surface area contributed by atoms with E-state index in [4.69, 9.17) is 10.5 Å². The molecule has 1 amide bonds. The number of fused-ring (bicyclic) bond motifs is 1. The summed E-state index contributed by atoms with van der Waals surface area (Å²) in [4.78, 5) is 17.8. The highest BCUT2D eigenvalue weighted by atomic mass is 32.2. The lowest BCUT2D eigenvalue weighted by Gasteiger charge is -2.31. The number of primary amides is 1. The van der Waals surface area contributed by atoms with Gasteiger partial charge in [0.1, 0.15) is 0 Å². The molecule has 0 radical (unpaired) electrons. The van der Waals surface area contributed by atoms with Gasteiger partial charge in [0.2, 0.25) is 10.0 Å². The first-order valence-corrected chi connectivity index (χ1v) is 14.7. The highest BCUT2D eigenvalue weighted by Gasteiger charge is 2.30. The number of nitrogens with zero attached hydrogens (tertiary/aromatic N) is 2. The lowest BCUT2D eigenvalue weighted by atomic mass is 9.88. The second kappa shape index (κ2) is 12.2. The molecule has 2 heterocycles. The third-order valence-electron chi connectivity index (χ3n) is 7.41. The number of carbonyl (C=O) groups is 1. The number of sulfonamides is 1. The number of hydrogen-bond donors (Lipinski definition) is 2. The summed E-state index contributed by atoms with van der Waals surface area (Å²) >= 11 is 0. The van der Waals surface area contributed by atoms with Gasteiger partial charge in [-0.15, -0.1) is 0 Å². The Hall–Kier alpha value is -2.72. The molecule has 1 aromatic heterocycles. The third-order valence-corrected chi connectivity index (χ3v) is 9.25. The maximum absolute atomic E-state index is 12.9. The molecule has 3 N–H and O–H groups in total. The van der Waals surface area contributed by atoms with Gasteiger partial charge in [-0.05, 0) is 60.7 Å². The number of nitrogens with two attached hydrogens (primary N) is 1. The molecule has 37 heavy (non-hydrogen) atoms. The number of carbonyl (C=O) groups excluding carboxylic acids is 1. The molecule has 0 aliphatic carbocycles. The fourth-order valence-electron chi connectivity index (χ4n) is 5.16. The molecule has 1 aliphatic rings. The number of aromatic amines is 1. The first kappa shape index (κ1) is 27.3. The van der Waals surface area contributed by atoms with Crippen LogP contribution in [0.15, 0.2) is 48.7 Å². The van der Waals surface area contributed by atoms with Crippen molar-refractivity contribution < 1.29 is 17.9 Å². The van der Waals surface area contributed by atoms with Crippen LogP contribution in [0.3, 0.4) is 0 Å². The monoisotopic (exact) mass is 526 g/mol. The van der Waals surface area contributed by atoms with Crippen LogP contribution in [0, 0.1) is 0 Å². The van der Waals surface area contributed by atoms with Crippen molar-refractivity contribution >= 4 is 26.8 Å². The van der Waals surface area contributed by atoms with Crippen LogP contribution < -0.4 is 5.73 Å². The lowest BCUT2D eigenvalue weighted by Crippen LogP contribution is -2.40. The summed E-state index contributed by atoms with van der Waals surface area (Å²) in [5, 5.41) is 0.970. The van der Waals surface area contributed by atoms with Crippen molar-refractivity contribution in [2.24, 2.45) is 5.73 Å². The maximum Gasteiger partial charge on any atom is 0.250 e. The van der Waals surface area contributed by atoms with Crippen molar-refractivity contribution in [2.75, 3.05) is 51.7 Å². The molecule has 0 atom stereocenters. The molecule has 2 aromatic carbocycles. The average molecular weight is 527 g/mol. The normalized spacial score (nSPS) is 15.5. The van der Waals surface area contributed by atoms with E-state index in [-0.39, 0.29) is 18.3 Å². The molecule has 4 rings (SSSR count). The topological polar surface area (TPSA) is 109 Å². The Morgan fingerprint density at radius 1 is 1.08 bits per heavy atom. The van der Waals surface area contributed by atoms with Gasteiger partial charge in [0.05, 0.1) is 30.0 Å². The fraction of sp³-hybridized carbons (Fsp3) is 0.464. The molecule has 8 nitrogen and oxygen atoms in total. The molecule has 0 spiro atoms. The standard InChI is InChI=1S/C28H38N4O4S/c1-3-31(4-2)14-15-36-16-17-37(34,35)32-12-10-22(11-13-32)26-20-30-27-24(26)18-23(19-25(27)28(29)33)21-8-6-5-7-9-21/h5-9,18-20,22,30H,3-4,10-17H2,1-2H3,(H2,29,33). The molecule has 1 aliphatic heterocycles. The number of nitrogens with one attached hydrogen (secondary N) is 1. The average Bonchev–Trinajstić information content (AvgIpc) is 3.34. The van der Waals surface area contributed by atoms with Gasteiger partial charge in [-0.3, -0.25) is 4.79 Å². The molecule has 0 unspecified atom stereocenters. The predicted octanol–water partition coefficient (Wildman–Crippen LogP) is 3.80. The summed E-state index contributed by atoms with van der Waals surface area (Å²) < 4.78 is 33.0. The lowest BCUT2D eigenvalue weighted by molar-refractivity contribution is 0.100. The van der Waals surface area contributed by atoms with Crippen molar-refractivity contribution in [1.29, 1.82) is 0 Å². The summed E-state index contributed by atoms with van der Waals surface area (Å²) in [5.74, 6) is -0.278.